The summed E-state index contributed by atoms with van der Waals surface area (Å²) in [5, 5.41) is 2.75. The van der Waals surface area contributed by atoms with Crippen molar-refractivity contribution in [1.82, 2.24) is 10.3 Å². The van der Waals surface area contributed by atoms with Crippen molar-refractivity contribution in [3.05, 3.63) is 40.8 Å². The molecule has 2 rings (SSSR count). The standard InChI is InChI=1S/C12H13N3O2S/c13-9-2-1-3-10(6-9)17-5-4-15-12(16)11-7-14-8-18-11/h1-3,6-8H,4-5,13H2,(H,15,16). The third-order valence-corrected chi connectivity index (χ3v) is 2.94. The van der Waals surface area contributed by atoms with Gasteiger partial charge in [0.05, 0.1) is 18.3 Å². The van der Waals surface area contributed by atoms with Crippen molar-refractivity contribution in [1.29, 1.82) is 0 Å². The number of ether oxygens (including phenoxy) is 1. The molecular formula is C12H13N3O2S. The summed E-state index contributed by atoms with van der Waals surface area (Å²) in [7, 11) is 0. The topological polar surface area (TPSA) is 77.2 Å². The third kappa shape index (κ3) is 3.46. The molecule has 0 unspecified atom stereocenters. The Bertz CT molecular complexity index is 514. The number of amides is 1. The van der Waals surface area contributed by atoms with E-state index in [1.54, 1.807) is 23.8 Å². The monoisotopic (exact) mass is 263 g/mol. The zero-order valence-corrected chi connectivity index (χ0v) is 10.4. The van der Waals surface area contributed by atoms with Crippen molar-refractivity contribution in [2.45, 2.75) is 0 Å². The van der Waals surface area contributed by atoms with Crippen LogP contribution in [0.2, 0.25) is 0 Å². The first-order valence-corrected chi connectivity index (χ1v) is 6.29. The number of carbonyl (C=O) groups is 1. The molecule has 0 radical (unpaired) electrons. The van der Waals surface area contributed by atoms with E-state index in [0.29, 0.717) is 29.5 Å². The number of rotatable bonds is 5. The Morgan fingerprint density at radius 2 is 2.39 bits per heavy atom. The minimum atomic E-state index is -0.131. The number of thiazole rings is 1. The molecule has 94 valence electrons. The summed E-state index contributed by atoms with van der Waals surface area (Å²) in [6, 6.07) is 7.17. The van der Waals surface area contributed by atoms with Gasteiger partial charge in [-0.2, -0.15) is 0 Å². The van der Waals surface area contributed by atoms with Gasteiger partial charge in [-0.1, -0.05) is 6.07 Å². The Morgan fingerprint density at radius 1 is 1.50 bits per heavy atom. The maximum atomic E-state index is 11.6. The Labute approximate surface area is 109 Å². The number of aromatic nitrogens is 1. The van der Waals surface area contributed by atoms with Crippen LogP contribution in [0.5, 0.6) is 5.75 Å². The molecule has 0 bridgehead atoms. The lowest BCUT2D eigenvalue weighted by atomic mass is 10.3. The molecule has 3 N–H and O–H groups in total. The van der Waals surface area contributed by atoms with Gasteiger partial charge in [0.2, 0.25) is 0 Å². The molecule has 1 aromatic carbocycles. The number of nitrogen functional groups attached to an aromatic ring is 1. The maximum Gasteiger partial charge on any atom is 0.263 e. The van der Waals surface area contributed by atoms with Crippen LogP contribution in [0.1, 0.15) is 9.67 Å². The second-order valence-corrected chi connectivity index (χ2v) is 4.43. The number of hydrogen-bond donors (Lipinski definition) is 2. The van der Waals surface area contributed by atoms with Crippen LogP contribution in [0.15, 0.2) is 36.0 Å². The van der Waals surface area contributed by atoms with Gasteiger partial charge in [0.15, 0.2) is 0 Å². The van der Waals surface area contributed by atoms with Crippen LogP contribution in [-0.2, 0) is 0 Å². The average Bonchev–Trinajstić information content (AvgIpc) is 2.88. The van der Waals surface area contributed by atoms with Crippen molar-refractivity contribution in [3.8, 4) is 5.75 Å². The van der Waals surface area contributed by atoms with Crippen molar-refractivity contribution >= 4 is 22.9 Å². The first-order chi connectivity index (χ1) is 8.75. The molecule has 0 aliphatic heterocycles. The molecule has 18 heavy (non-hydrogen) atoms. The quantitative estimate of drug-likeness (QED) is 0.633. The second kappa shape index (κ2) is 6.02. The maximum absolute atomic E-state index is 11.6. The van der Waals surface area contributed by atoms with E-state index in [0.717, 1.165) is 0 Å². The minimum absolute atomic E-state index is 0.131. The van der Waals surface area contributed by atoms with E-state index in [-0.39, 0.29) is 5.91 Å². The number of nitrogens with one attached hydrogen (secondary N) is 1. The highest BCUT2D eigenvalue weighted by Gasteiger charge is 2.05. The van der Waals surface area contributed by atoms with Crippen molar-refractivity contribution in [2.75, 3.05) is 18.9 Å². The normalized spacial score (nSPS) is 10.0. The molecule has 0 fully saturated rings. The summed E-state index contributed by atoms with van der Waals surface area (Å²) in [6.07, 6.45) is 1.54. The van der Waals surface area contributed by atoms with Crippen LogP contribution in [0.3, 0.4) is 0 Å². The highest BCUT2D eigenvalue weighted by atomic mass is 32.1. The summed E-state index contributed by atoms with van der Waals surface area (Å²) in [5.74, 6) is 0.565. The summed E-state index contributed by atoms with van der Waals surface area (Å²) in [5.41, 5.74) is 7.90. The first kappa shape index (κ1) is 12.4. The molecular weight excluding hydrogens is 250 g/mol. The highest BCUT2D eigenvalue weighted by Crippen LogP contribution is 2.13. The van der Waals surface area contributed by atoms with Crippen LogP contribution >= 0.6 is 11.3 Å². The molecule has 5 nitrogen and oxygen atoms in total. The lowest BCUT2D eigenvalue weighted by molar-refractivity contribution is 0.0951. The van der Waals surface area contributed by atoms with Gasteiger partial charge in [-0.3, -0.25) is 9.78 Å². The zero-order valence-electron chi connectivity index (χ0n) is 9.63. The SMILES string of the molecule is Nc1cccc(OCCNC(=O)c2cncs2)c1. The fourth-order valence-electron chi connectivity index (χ4n) is 1.35. The molecule has 0 spiro atoms. The third-order valence-electron chi connectivity index (χ3n) is 2.17. The van der Waals surface area contributed by atoms with E-state index in [1.807, 2.05) is 12.1 Å². The molecule has 0 saturated carbocycles. The lowest BCUT2D eigenvalue weighted by Crippen LogP contribution is -2.27. The molecule has 0 aliphatic carbocycles. The lowest BCUT2D eigenvalue weighted by Gasteiger charge is -2.07. The van der Waals surface area contributed by atoms with Crippen LogP contribution < -0.4 is 15.8 Å². The second-order valence-electron chi connectivity index (χ2n) is 3.54. The van der Waals surface area contributed by atoms with Crippen LogP contribution in [0.4, 0.5) is 5.69 Å². The number of anilines is 1. The van der Waals surface area contributed by atoms with Crippen molar-refractivity contribution in [3.63, 3.8) is 0 Å². The first-order valence-electron chi connectivity index (χ1n) is 5.41. The molecule has 1 amide bonds. The summed E-state index contributed by atoms with van der Waals surface area (Å²) in [4.78, 5) is 16.0. The Balaban J connectivity index is 1.72. The summed E-state index contributed by atoms with van der Waals surface area (Å²) >= 11 is 1.31. The van der Waals surface area contributed by atoms with Crippen LogP contribution in [0.25, 0.3) is 0 Å². The van der Waals surface area contributed by atoms with Gasteiger partial charge in [0.1, 0.15) is 17.2 Å². The van der Waals surface area contributed by atoms with E-state index in [4.69, 9.17) is 10.5 Å². The molecule has 1 heterocycles. The molecule has 1 aromatic heterocycles. The Hall–Kier alpha value is -2.08. The summed E-state index contributed by atoms with van der Waals surface area (Å²) in [6.45, 7) is 0.833. The largest absolute Gasteiger partial charge is 0.492 e. The minimum Gasteiger partial charge on any atom is -0.492 e. The Kier molecular flexibility index (Phi) is 4.14. The van der Waals surface area contributed by atoms with Crippen LogP contribution in [0, 0.1) is 0 Å². The predicted octanol–water partition coefficient (Wildman–Crippen LogP) is 1.53. The number of nitrogens with two attached hydrogens (primary N) is 1. The number of carbonyl (C=O) groups excluding carboxylic acids is 1. The smallest absolute Gasteiger partial charge is 0.263 e. The van der Waals surface area contributed by atoms with Gasteiger partial charge in [0.25, 0.3) is 5.91 Å². The molecule has 6 heteroatoms. The number of benzene rings is 1. The molecule has 2 aromatic rings. The number of hydrogen-bond acceptors (Lipinski definition) is 5. The van der Waals surface area contributed by atoms with Gasteiger partial charge < -0.3 is 15.8 Å². The molecule has 0 saturated heterocycles. The summed E-state index contributed by atoms with van der Waals surface area (Å²) < 4.78 is 5.45. The highest BCUT2D eigenvalue weighted by molar-refractivity contribution is 7.11. The van der Waals surface area contributed by atoms with Gasteiger partial charge >= 0.3 is 0 Å². The van der Waals surface area contributed by atoms with E-state index in [2.05, 4.69) is 10.3 Å². The van der Waals surface area contributed by atoms with Crippen molar-refractivity contribution in [2.24, 2.45) is 0 Å². The van der Waals surface area contributed by atoms with E-state index in [1.165, 1.54) is 11.3 Å². The molecule has 0 aliphatic rings. The Morgan fingerprint density at radius 3 is 3.11 bits per heavy atom. The van der Waals surface area contributed by atoms with Crippen molar-refractivity contribution < 1.29 is 9.53 Å². The van der Waals surface area contributed by atoms with Crippen LogP contribution in [-0.4, -0.2) is 24.0 Å². The van der Waals surface area contributed by atoms with E-state index >= 15 is 0 Å². The fraction of sp³-hybridized carbons (Fsp3) is 0.167. The van der Waals surface area contributed by atoms with E-state index < -0.39 is 0 Å². The van der Waals surface area contributed by atoms with E-state index in [9.17, 15) is 4.79 Å². The zero-order chi connectivity index (χ0) is 12.8. The molecule has 0 atom stereocenters. The fourth-order valence-corrected chi connectivity index (χ4v) is 1.89. The number of nitrogens with zero attached hydrogens (tertiary/aromatic N) is 1. The van der Waals surface area contributed by atoms with Gasteiger partial charge in [-0.15, -0.1) is 11.3 Å². The van der Waals surface area contributed by atoms with Gasteiger partial charge in [0, 0.05) is 11.8 Å². The van der Waals surface area contributed by atoms with Gasteiger partial charge in [-0.25, -0.2) is 0 Å². The predicted molar refractivity (Wildman–Crippen MR) is 70.8 cm³/mol. The van der Waals surface area contributed by atoms with Gasteiger partial charge in [-0.05, 0) is 12.1 Å². The average molecular weight is 263 g/mol.